The minimum atomic E-state index is -0.674. The fraction of sp³-hybridized carbons (Fsp3) is 0.562. The summed E-state index contributed by atoms with van der Waals surface area (Å²) in [5, 5.41) is 9.26. The molecule has 22 heavy (non-hydrogen) atoms. The third-order valence-electron chi connectivity index (χ3n) is 4.56. The van der Waals surface area contributed by atoms with Crippen molar-refractivity contribution >= 4 is 5.91 Å². The van der Waals surface area contributed by atoms with Crippen molar-refractivity contribution in [2.75, 3.05) is 39.4 Å². The summed E-state index contributed by atoms with van der Waals surface area (Å²) < 4.78 is 19.2. The summed E-state index contributed by atoms with van der Waals surface area (Å²) >= 11 is 0. The Morgan fingerprint density at radius 3 is 2.73 bits per heavy atom. The van der Waals surface area contributed by atoms with Crippen molar-refractivity contribution in [3.8, 4) is 5.75 Å². The molecule has 2 atom stereocenters. The van der Waals surface area contributed by atoms with E-state index in [2.05, 4.69) is 11.8 Å². The normalized spacial score (nSPS) is 26.4. The van der Waals surface area contributed by atoms with Crippen LogP contribution < -0.4 is 0 Å². The van der Waals surface area contributed by atoms with Gasteiger partial charge in [-0.2, -0.15) is 0 Å². The number of phenolic OH excluding ortho intramolecular Hbond substituents is 1. The Kier molecular flexibility index (Phi) is 4.31. The van der Waals surface area contributed by atoms with E-state index in [1.165, 1.54) is 12.1 Å². The summed E-state index contributed by atoms with van der Waals surface area (Å²) in [5.74, 6) is -0.801. The van der Waals surface area contributed by atoms with Crippen LogP contribution in [0, 0.1) is 11.7 Å². The second kappa shape index (κ2) is 6.22. The van der Waals surface area contributed by atoms with Gasteiger partial charge in [-0.3, -0.25) is 9.69 Å². The van der Waals surface area contributed by atoms with Crippen LogP contribution in [0.1, 0.15) is 17.3 Å². The maximum Gasteiger partial charge on any atom is 0.256 e. The second-order valence-electron chi connectivity index (χ2n) is 6.07. The lowest BCUT2D eigenvalue weighted by atomic mass is 10.0. The molecule has 2 saturated heterocycles. The van der Waals surface area contributed by atoms with Gasteiger partial charge in [-0.25, -0.2) is 4.39 Å². The Bertz CT molecular complexity index is 560. The van der Waals surface area contributed by atoms with E-state index in [-0.39, 0.29) is 17.2 Å². The maximum atomic E-state index is 13.9. The highest BCUT2D eigenvalue weighted by molar-refractivity contribution is 5.94. The van der Waals surface area contributed by atoms with Crippen molar-refractivity contribution < 1.29 is 19.0 Å². The summed E-state index contributed by atoms with van der Waals surface area (Å²) in [6.07, 6.45) is 0. The van der Waals surface area contributed by atoms with E-state index in [0.29, 0.717) is 25.0 Å². The molecule has 1 aromatic rings. The molecule has 3 rings (SSSR count). The third-order valence-corrected chi connectivity index (χ3v) is 4.56. The topological polar surface area (TPSA) is 53.0 Å². The minimum absolute atomic E-state index is 0.0210. The number of amides is 1. The van der Waals surface area contributed by atoms with E-state index in [1.54, 1.807) is 4.90 Å². The van der Waals surface area contributed by atoms with E-state index < -0.39 is 5.82 Å². The molecule has 0 bridgehead atoms. The number of hydrogen-bond acceptors (Lipinski definition) is 4. The summed E-state index contributed by atoms with van der Waals surface area (Å²) in [6, 6.07) is 3.97. The van der Waals surface area contributed by atoms with Gasteiger partial charge in [0.05, 0.1) is 18.8 Å². The maximum absolute atomic E-state index is 13.9. The van der Waals surface area contributed by atoms with Crippen molar-refractivity contribution in [1.29, 1.82) is 0 Å². The summed E-state index contributed by atoms with van der Waals surface area (Å²) in [5.41, 5.74) is 0.0210. The first-order chi connectivity index (χ1) is 10.6. The molecule has 5 nitrogen and oxygen atoms in total. The van der Waals surface area contributed by atoms with E-state index >= 15 is 0 Å². The number of carbonyl (C=O) groups excluding carboxylic acids is 1. The first-order valence-electron chi connectivity index (χ1n) is 7.66. The van der Waals surface area contributed by atoms with Crippen LogP contribution in [0.4, 0.5) is 4.39 Å². The number of ether oxygens (including phenoxy) is 1. The van der Waals surface area contributed by atoms with Gasteiger partial charge in [0.1, 0.15) is 11.6 Å². The lowest BCUT2D eigenvalue weighted by Crippen LogP contribution is -2.47. The molecule has 2 fully saturated rings. The van der Waals surface area contributed by atoms with Crippen LogP contribution in [-0.2, 0) is 4.74 Å². The van der Waals surface area contributed by atoms with Crippen molar-refractivity contribution in [3.05, 3.63) is 29.6 Å². The lowest BCUT2D eigenvalue weighted by molar-refractivity contribution is 0.0119. The van der Waals surface area contributed by atoms with Crippen LogP contribution in [-0.4, -0.2) is 66.2 Å². The van der Waals surface area contributed by atoms with Crippen molar-refractivity contribution in [1.82, 2.24) is 9.80 Å². The van der Waals surface area contributed by atoms with Gasteiger partial charge in [0.25, 0.3) is 5.91 Å². The molecule has 2 aliphatic heterocycles. The van der Waals surface area contributed by atoms with Crippen LogP contribution in [0.2, 0.25) is 0 Å². The SMILES string of the molecule is C[C@@H]1CN(C(=O)c2ccc(O)cc2F)C[C@H]1N1CCOCC1. The zero-order chi connectivity index (χ0) is 15.7. The molecule has 2 heterocycles. The Labute approximate surface area is 129 Å². The Hall–Kier alpha value is -1.66. The Morgan fingerprint density at radius 2 is 2.05 bits per heavy atom. The zero-order valence-corrected chi connectivity index (χ0v) is 12.7. The van der Waals surface area contributed by atoms with Crippen LogP contribution >= 0.6 is 0 Å². The number of rotatable bonds is 2. The fourth-order valence-electron chi connectivity index (χ4n) is 3.35. The predicted octanol–water partition coefficient (Wildman–Crippen LogP) is 1.32. The second-order valence-corrected chi connectivity index (χ2v) is 6.07. The van der Waals surface area contributed by atoms with Gasteiger partial charge in [-0.05, 0) is 18.1 Å². The number of carbonyl (C=O) groups is 1. The van der Waals surface area contributed by atoms with Crippen LogP contribution in [0.25, 0.3) is 0 Å². The number of halogens is 1. The quantitative estimate of drug-likeness (QED) is 0.895. The highest BCUT2D eigenvalue weighted by atomic mass is 19.1. The molecule has 1 aromatic carbocycles. The molecule has 1 amide bonds. The van der Waals surface area contributed by atoms with E-state index in [0.717, 1.165) is 32.4 Å². The predicted molar refractivity (Wildman–Crippen MR) is 79.3 cm³/mol. The van der Waals surface area contributed by atoms with E-state index in [1.807, 2.05) is 0 Å². The van der Waals surface area contributed by atoms with E-state index in [4.69, 9.17) is 4.74 Å². The molecule has 120 valence electrons. The number of benzene rings is 1. The van der Waals surface area contributed by atoms with Crippen molar-refractivity contribution in [3.63, 3.8) is 0 Å². The van der Waals surface area contributed by atoms with E-state index in [9.17, 15) is 14.3 Å². The number of hydrogen-bond donors (Lipinski definition) is 1. The number of phenols is 1. The van der Waals surface area contributed by atoms with Crippen LogP contribution in [0.15, 0.2) is 18.2 Å². The van der Waals surface area contributed by atoms with Crippen molar-refractivity contribution in [2.24, 2.45) is 5.92 Å². The zero-order valence-electron chi connectivity index (χ0n) is 12.7. The Balaban J connectivity index is 1.71. The van der Waals surface area contributed by atoms with Gasteiger partial charge >= 0.3 is 0 Å². The smallest absolute Gasteiger partial charge is 0.256 e. The molecule has 0 saturated carbocycles. The van der Waals surface area contributed by atoms with Crippen LogP contribution in [0.3, 0.4) is 0 Å². The molecule has 6 heteroatoms. The molecule has 2 aliphatic rings. The molecule has 0 aliphatic carbocycles. The molecule has 1 N–H and O–H groups in total. The monoisotopic (exact) mass is 308 g/mol. The van der Waals surface area contributed by atoms with Crippen molar-refractivity contribution in [2.45, 2.75) is 13.0 Å². The number of likely N-dealkylation sites (tertiary alicyclic amines) is 1. The van der Waals surface area contributed by atoms with Gasteiger partial charge in [-0.1, -0.05) is 6.92 Å². The van der Waals surface area contributed by atoms with Gasteiger partial charge in [0, 0.05) is 38.3 Å². The minimum Gasteiger partial charge on any atom is -0.508 e. The van der Waals surface area contributed by atoms with Gasteiger partial charge < -0.3 is 14.7 Å². The first-order valence-corrected chi connectivity index (χ1v) is 7.66. The standard InChI is InChI=1S/C16H21FN2O3/c1-11-9-19(10-15(11)18-4-6-22-7-5-18)16(21)13-3-2-12(20)8-14(13)17/h2-3,8,11,15,20H,4-7,9-10H2,1H3/t11-,15-/m1/s1. The van der Waals surface area contributed by atoms with Gasteiger partial charge in [0.2, 0.25) is 0 Å². The number of aromatic hydroxyl groups is 1. The first kappa shape index (κ1) is 15.2. The molecular weight excluding hydrogens is 287 g/mol. The average molecular weight is 308 g/mol. The summed E-state index contributed by atoms with van der Waals surface area (Å²) in [7, 11) is 0. The summed E-state index contributed by atoms with van der Waals surface area (Å²) in [6.45, 7) is 6.57. The highest BCUT2D eigenvalue weighted by Crippen LogP contribution is 2.25. The molecule has 0 radical (unpaired) electrons. The molecule has 0 unspecified atom stereocenters. The Morgan fingerprint density at radius 1 is 1.32 bits per heavy atom. The highest BCUT2D eigenvalue weighted by Gasteiger charge is 2.37. The summed E-state index contributed by atoms with van der Waals surface area (Å²) in [4.78, 5) is 16.6. The molecule has 0 spiro atoms. The molecule has 0 aromatic heterocycles. The number of nitrogens with zero attached hydrogens (tertiary/aromatic N) is 2. The van der Waals surface area contributed by atoms with Crippen LogP contribution in [0.5, 0.6) is 5.75 Å². The van der Waals surface area contributed by atoms with Gasteiger partial charge in [0.15, 0.2) is 0 Å². The largest absolute Gasteiger partial charge is 0.508 e. The average Bonchev–Trinajstić information content (AvgIpc) is 2.89. The third kappa shape index (κ3) is 2.94. The lowest BCUT2D eigenvalue weighted by Gasteiger charge is -2.34. The fourth-order valence-corrected chi connectivity index (χ4v) is 3.35. The van der Waals surface area contributed by atoms with Gasteiger partial charge in [-0.15, -0.1) is 0 Å². The number of morpholine rings is 1. The molecular formula is C16H21FN2O3.